The number of halogens is 1. The molecule has 2 saturated heterocycles. The van der Waals surface area contributed by atoms with Gasteiger partial charge in [0.25, 0.3) is 0 Å². The number of aliphatic imine (C=N–C) groups is 1. The molecule has 0 aliphatic carbocycles. The second kappa shape index (κ2) is 11.2. The van der Waals surface area contributed by atoms with Crippen molar-refractivity contribution < 1.29 is 0 Å². The average Bonchev–Trinajstić information content (AvgIpc) is 3.28. The van der Waals surface area contributed by atoms with E-state index in [1.807, 2.05) is 25.0 Å². The number of aromatic nitrogens is 2. The molecule has 2 aliphatic heterocycles. The zero-order valence-electron chi connectivity index (χ0n) is 17.2. The van der Waals surface area contributed by atoms with Crippen LogP contribution in [0.4, 0.5) is 0 Å². The highest BCUT2D eigenvalue weighted by atomic mass is 127. The van der Waals surface area contributed by atoms with Crippen molar-refractivity contribution in [1.29, 1.82) is 0 Å². The van der Waals surface area contributed by atoms with Crippen molar-refractivity contribution in [2.24, 2.45) is 12.0 Å². The number of rotatable bonds is 6. The maximum Gasteiger partial charge on any atom is 0.193 e. The first-order valence-electron chi connectivity index (χ1n) is 10.4. The highest BCUT2D eigenvalue weighted by Gasteiger charge is 2.26. The zero-order chi connectivity index (χ0) is 18.4. The lowest BCUT2D eigenvalue weighted by molar-refractivity contribution is 0.158. The third-order valence-electron chi connectivity index (χ3n) is 5.99. The largest absolute Gasteiger partial charge is 0.356 e. The molecule has 3 rings (SSSR count). The summed E-state index contributed by atoms with van der Waals surface area (Å²) >= 11 is 0. The molecule has 0 radical (unpaired) electrons. The molecule has 154 valence electrons. The van der Waals surface area contributed by atoms with Gasteiger partial charge in [0.05, 0.1) is 6.20 Å². The van der Waals surface area contributed by atoms with Crippen molar-refractivity contribution in [1.82, 2.24) is 24.9 Å². The van der Waals surface area contributed by atoms with E-state index in [9.17, 15) is 0 Å². The summed E-state index contributed by atoms with van der Waals surface area (Å²) in [7, 11) is 3.89. The molecule has 0 bridgehead atoms. The SMILES string of the molecule is CN=C(NCCCCN1CCCCC1C)N1CCC(c2cnn(C)c2)C1.I. The van der Waals surface area contributed by atoms with Crippen LogP contribution in [0, 0.1) is 0 Å². The van der Waals surface area contributed by atoms with Crippen LogP contribution in [0.3, 0.4) is 0 Å². The summed E-state index contributed by atoms with van der Waals surface area (Å²) in [4.78, 5) is 9.56. The van der Waals surface area contributed by atoms with Crippen LogP contribution in [0.2, 0.25) is 0 Å². The van der Waals surface area contributed by atoms with Crippen LogP contribution in [0.1, 0.15) is 56.9 Å². The normalized spacial score (nSPS) is 24.1. The first kappa shape index (κ1) is 22.5. The molecule has 1 aromatic rings. The average molecular weight is 488 g/mol. The third kappa shape index (κ3) is 6.34. The van der Waals surface area contributed by atoms with Gasteiger partial charge in [-0.3, -0.25) is 9.67 Å². The Kier molecular flexibility index (Phi) is 9.35. The molecule has 7 heteroatoms. The summed E-state index contributed by atoms with van der Waals surface area (Å²) < 4.78 is 1.90. The van der Waals surface area contributed by atoms with Gasteiger partial charge < -0.3 is 15.1 Å². The number of hydrogen-bond acceptors (Lipinski definition) is 3. The fraction of sp³-hybridized carbons (Fsp3) is 0.800. The van der Waals surface area contributed by atoms with E-state index in [1.54, 1.807) is 0 Å². The van der Waals surface area contributed by atoms with Crippen LogP contribution >= 0.6 is 24.0 Å². The van der Waals surface area contributed by atoms with Gasteiger partial charge in [0.2, 0.25) is 0 Å². The predicted octanol–water partition coefficient (Wildman–Crippen LogP) is 3.06. The van der Waals surface area contributed by atoms with E-state index in [0.29, 0.717) is 5.92 Å². The van der Waals surface area contributed by atoms with Gasteiger partial charge in [0.1, 0.15) is 0 Å². The Labute approximate surface area is 181 Å². The van der Waals surface area contributed by atoms with Gasteiger partial charge in [0, 0.05) is 51.9 Å². The van der Waals surface area contributed by atoms with Crippen LogP contribution in [-0.2, 0) is 7.05 Å². The number of piperidine rings is 1. The smallest absolute Gasteiger partial charge is 0.193 e. The number of nitrogens with one attached hydrogen (secondary N) is 1. The molecular formula is C20H37IN6. The molecule has 0 spiro atoms. The molecule has 2 fully saturated rings. The Balaban J connectivity index is 0.00000261. The van der Waals surface area contributed by atoms with Gasteiger partial charge in [-0.1, -0.05) is 6.42 Å². The van der Waals surface area contributed by atoms with E-state index in [-0.39, 0.29) is 24.0 Å². The Hall–Kier alpha value is -0.830. The predicted molar refractivity (Wildman–Crippen MR) is 123 cm³/mol. The summed E-state index contributed by atoms with van der Waals surface area (Å²) in [6.07, 6.45) is 12.0. The minimum atomic E-state index is 0. The summed E-state index contributed by atoms with van der Waals surface area (Å²) in [5, 5.41) is 7.89. The Morgan fingerprint density at radius 1 is 1.26 bits per heavy atom. The summed E-state index contributed by atoms with van der Waals surface area (Å²) in [6, 6.07) is 0.776. The molecular weight excluding hydrogens is 451 g/mol. The highest BCUT2D eigenvalue weighted by molar-refractivity contribution is 14.0. The van der Waals surface area contributed by atoms with Crippen LogP contribution in [-0.4, -0.2) is 71.4 Å². The minimum Gasteiger partial charge on any atom is -0.356 e. The molecule has 3 heterocycles. The summed E-state index contributed by atoms with van der Waals surface area (Å²) in [5.74, 6) is 1.63. The van der Waals surface area contributed by atoms with Gasteiger partial charge in [0.15, 0.2) is 5.96 Å². The number of nitrogens with zero attached hydrogens (tertiary/aromatic N) is 5. The third-order valence-corrected chi connectivity index (χ3v) is 5.99. The van der Waals surface area contributed by atoms with Crippen molar-refractivity contribution in [3.05, 3.63) is 18.0 Å². The Bertz CT molecular complexity index is 587. The number of unbranched alkanes of at least 4 members (excludes halogenated alkanes) is 1. The first-order valence-corrected chi connectivity index (χ1v) is 10.4. The van der Waals surface area contributed by atoms with E-state index in [1.165, 1.54) is 57.2 Å². The van der Waals surface area contributed by atoms with Crippen LogP contribution < -0.4 is 5.32 Å². The molecule has 0 amide bonds. The van der Waals surface area contributed by atoms with E-state index in [2.05, 4.69) is 38.3 Å². The quantitative estimate of drug-likeness (QED) is 0.290. The number of guanidine groups is 1. The van der Waals surface area contributed by atoms with Crippen molar-refractivity contribution in [3.8, 4) is 0 Å². The van der Waals surface area contributed by atoms with Crippen molar-refractivity contribution in [2.75, 3.05) is 39.8 Å². The van der Waals surface area contributed by atoms with Gasteiger partial charge in [-0.15, -0.1) is 24.0 Å². The van der Waals surface area contributed by atoms with Crippen LogP contribution in [0.25, 0.3) is 0 Å². The fourth-order valence-corrected chi connectivity index (χ4v) is 4.34. The van der Waals surface area contributed by atoms with Crippen LogP contribution in [0.15, 0.2) is 17.4 Å². The second-order valence-electron chi connectivity index (χ2n) is 7.94. The lowest BCUT2D eigenvalue weighted by atomic mass is 10.0. The minimum absolute atomic E-state index is 0. The van der Waals surface area contributed by atoms with E-state index >= 15 is 0 Å². The van der Waals surface area contributed by atoms with Gasteiger partial charge in [-0.25, -0.2) is 0 Å². The van der Waals surface area contributed by atoms with Gasteiger partial charge in [-0.05, 0) is 57.7 Å². The lowest BCUT2D eigenvalue weighted by Crippen LogP contribution is -2.41. The molecule has 6 nitrogen and oxygen atoms in total. The van der Waals surface area contributed by atoms with Gasteiger partial charge in [-0.2, -0.15) is 5.10 Å². The number of hydrogen-bond donors (Lipinski definition) is 1. The molecule has 1 aromatic heterocycles. The second-order valence-corrected chi connectivity index (χ2v) is 7.94. The molecule has 27 heavy (non-hydrogen) atoms. The topological polar surface area (TPSA) is 48.7 Å². The lowest BCUT2D eigenvalue weighted by Gasteiger charge is -2.33. The summed E-state index contributed by atoms with van der Waals surface area (Å²) in [6.45, 7) is 8.05. The highest BCUT2D eigenvalue weighted by Crippen LogP contribution is 2.26. The maximum atomic E-state index is 4.50. The summed E-state index contributed by atoms with van der Waals surface area (Å²) in [5.41, 5.74) is 1.35. The molecule has 2 atom stereocenters. The van der Waals surface area contributed by atoms with Crippen LogP contribution in [0.5, 0.6) is 0 Å². The van der Waals surface area contributed by atoms with Crippen molar-refractivity contribution >= 4 is 29.9 Å². The molecule has 0 saturated carbocycles. The molecule has 2 aliphatic rings. The fourth-order valence-electron chi connectivity index (χ4n) is 4.34. The number of likely N-dealkylation sites (tertiary alicyclic amines) is 2. The first-order chi connectivity index (χ1) is 12.7. The van der Waals surface area contributed by atoms with Crippen molar-refractivity contribution in [3.63, 3.8) is 0 Å². The molecule has 1 N–H and O–H groups in total. The monoisotopic (exact) mass is 488 g/mol. The molecule has 2 unspecified atom stereocenters. The molecule has 0 aromatic carbocycles. The Morgan fingerprint density at radius 2 is 2.11 bits per heavy atom. The van der Waals surface area contributed by atoms with E-state index in [4.69, 9.17) is 0 Å². The van der Waals surface area contributed by atoms with Gasteiger partial charge >= 0.3 is 0 Å². The van der Waals surface area contributed by atoms with E-state index in [0.717, 1.165) is 31.6 Å². The maximum absolute atomic E-state index is 4.50. The Morgan fingerprint density at radius 3 is 2.81 bits per heavy atom. The number of aryl methyl sites for hydroxylation is 1. The standard InChI is InChI=1S/C20H36N6.HI/c1-17-8-4-6-11-25(17)12-7-5-10-22-20(21-2)26-13-9-18(16-26)19-14-23-24(3)15-19;/h14-15,17-18H,4-13,16H2,1-3H3,(H,21,22);1H. The van der Waals surface area contributed by atoms with E-state index < -0.39 is 0 Å². The van der Waals surface area contributed by atoms with Crippen molar-refractivity contribution in [2.45, 2.75) is 57.4 Å². The zero-order valence-corrected chi connectivity index (χ0v) is 19.6.